The quantitative estimate of drug-likeness (QED) is 0.642. The van der Waals surface area contributed by atoms with Crippen molar-refractivity contribution in [3.05, 3.63) is 58.7 Å². The van der Waals surface area contributed by atoms with E-state index in [1.807, 2.05) is 56.0 Å². The standard InChI is InChI=1S/C23H28ClN3O4/c1-23(2,3)31-22(29)27-12-10-26(11-13-27)20-19(24)15-18(16-25-20)21(28)30-14-9-17-7-5-4-6-8-17/h4-8,15-16H,9-14H2,1-3H3. The molecule has 7 nitrogen and oxygen atoms in total. The van der Waals surface area contributed by atoms with Gasteiger partial charge in [-0.1, -0.05) is 41.9 Å². The zero-order valence-corrected chi connectivity index (χ0v) is 18.9. The summed E-state index contributed by atoms with van der Waals surface area (Å²) in [5, 5.41) is 0.378. The van der Waals surface area contributed by atoms with Gasteiger partial charge in [0.1, 0.15) is 11.4 Å². The molecule has 31 heavy (non-hydrogen) atoms. The van der Waals surface area contributed by atoms with Crippen molar-refractivity contribution in [3.8, 4) is 0 Å². The van der Waals surface area contributed by atoms with Crippen LogP contribution in [0.1, 0.15) is 36.7 Å². The third kappa shape index (κ3) is 6.59. The second-order valence-electron chi connectivity index (χ2n) is 8.36. The number of ether oxygens (including phenoxy) is 2. The Hall–Kier alpha value is -2.80. The Morgan fingerprint density at radius 2 is 1.77 bits per heavy atom. The molecular formula is C23H28ClN3O4. The number of halogens is 1. The lowest BCUT2D eigenvalue weighted by atomic mass is 10.2. The lowest BCUT2D eigenvalue weighted by Crippen LogP contribution is -2.50. The maximum atomic E-state index is 12.3. The summed E-state index contributed by atoms with van der Waals surface area (Å²) in [6, 6.07) is 11.4. The Labute approximate surface area is 187 Å². The molecule has 1 saturated heterocycles. The van der Waals surface area contributed by atoms with E-state index >= 15 is 0 Å². The molecule has 3 rings (SSSR count). The van der Waals surface area contributed by atoms with Gasteiger partial charge in [-0.05, 0) is 32.4 Å². The first-order valence-corrected chi connectivity index (χ1v) is 10.7. The van der Waals surface area contributed by atoms with Crippen LogP contribution in [0.4, 0.5) is 10.6 Å². The normalized spacial score (nSPS) is 14.3. The second kappa shape index (κ2) is 10.0. The number of anilines is 1. The minimum atomic E-state index is -0.523. The lowest BCUT2D eigenvalue weighted by Gasteiger charge is -2.36. The summed E-state index contributed by atoms with van der Waals surface area (Å²) in [6.07, 6.45) is 1.81. The number of hydrogen-bond acceptors (Lipinski definition) is 6. The number of pyridine rings is 1. The predicted octanol–water partition coefficient (Wildman–Crippen LogP) is 4.19. The van der Waals surface area contributed by atoms with E-state index in [4.69, 9.17) is 21.1 Å². The van der Waals surface area contributed by atoms with Crippen LogP contribution >= 0.6 is 11.6 Å². The molecule has 0 radical (unpaired) electrons. The Morgan fingerprint density at radius 3 is 2.39 bits per heavy atom. The molecule has 1 aliphatic rings. The molecule has 2 heterocycles. The van der Waals surface area contributed by atoms with Gasteiger partial charge in [-0.15, -0.1) is 0 Å². The molecule has 0 saturated carbocycles. The Morgan fingerprint density at radius 1 is 1.10 bits per heavy atom. The van der Waals surface area contributed by atoms with E-state index in [0.717, 1.165) is 5.56 Å². The highest BCUT2D eigenvalue weighted by Crippen LogP contribution is 2.26. The summed E-state index contributed by atoms with van der Waals surface area (Å²) in [7, 11) is 0. The summed E-state index contributed by atoms with van der Waals surface area (Å²) < 4.78 is 10.8. The molecule has 0 bridgehead atoms. The number of carbonyl (C=O) groups excluding carboxylic acids is 2. The lowest BCUT2D eigenvalue weighted by molar-refractivity contribution is 0.0240. The Balaban J connectivity index is 1.52. The van der Waals surface area contributed by atoms with Gasteiger partial charge in [-0.3, -0.25) is 0 Å². The van der Waals surface area contributed by atoms with Gasteiger partial charge in [0.25, 0.3) is 0 Å². The average molecular weight is 446 g/mol. The summed E-state index contributed by atoms with van der Waals surface area (Å²) in [5.74, 6) is 0.137. The Kier molecular flexibility index (Phi) is 7.38. The molecule has 8 heteroatoms. The first kappa shape index (κ1) is 22.9. The van der Waals surface area contributed by atoms with Crippen LogP contribution in [0.5, 0.6) is 0 Å². The van der Waals surface area contributed by atoms with Crippen molar-refractivity contribution >= 4 is 29.5 Å². The second-order valence-corrected chi connectivity index (χ2v) is 8.76. The van der Waals surface area contributed by atoms with Gasteiger partial charge < -0.3 is 19.3 Å². The van der Waals surface area contributed by atoms with Crippen molar-refractivity contribution in [1.29, 1.82) is 0 Å². The predicted molar refractivity (Wildman–Crippen MR) is 120 cm³/mol. The maximum Gasteiger partial charge on any atom is 0.410 e. The molecule has 0 spiro atoms. The minimum Gasteiger partial charge on any atom is -0.462 e. The smallest absolute Gasteiger partial charge is 0.410 e. The minimum absolute atomic E-state index is 0.287. The largest absolute Gasteiger partial charge is 0.462 e. The van der Waals surface area contributed by atoms with Crippen LogP contribution in [-0.2, 0) is 15.9 Å². The fraction of sp³-hybridized carbons (Fsp3) is 0.435. The number of piperazine rings is 1. The summed E-state index contributed by atoms with van der Waals surface area (Å²) >= 11 is 6.41. The molecule has 1 aromatic carbocycles. The van der Waals surface area contributed by atoms with Crippen molar-refractivity contribution in [2.75, 3.05) is 37.7 Å². The molecular weight excluding hydrogens is 418 g/mol. The van der Waals surface area contributed by atoms with E-state index in [0.29, 0.717) is 49.0 Å². The van der Waals surface area contributed by atoms with Crippen molar-refractivity contribution in [1.82, 2.24) is 9.88 Å². The van der Waals surface area contributed by atoms with Crippen LogP contribution in [0.15, 0.2) is 42.6 Å². The highest BCUT2D eigenvalue weighted by Gasteiger charge is 2.27. The molecule has 0 aliphatic carbocycles. The van der Waals surface area contributed by atoms with Crippen LogP contribution in [0.3, 0.4) is 0 Å². The van der Waals surface area contributed by atoms with Crippen molar-refractivity contribution < 1.29 is 19.1 Å². The highest BCUT2D eigenvalue weighted by atomic mass is 35.5. The third-order valence-electron chi connectivity index (χ3n) is 4.76. The summed E-state index contributed by atoms with van der Waals surface area (Å²) in [5.41, 5.74) is 0.895. The average Bonchev–Trinajstić information content (AvgIpc) is 2.73. The maximum absolute atomic E-state index is 12.3. The van der Waals surface area contributed by atoms with E-state index in [-0.39, 0.29) is 12.7 Å². The fourth-order valence-electron chi connectivity index (χ4n) is 3.19. The molecule has 1 aromatic heterocycles. The van der Waals surface area contributed by atoms with Crippen molar-refractivity contribution in [2.24, 2.45) is 0 Å². The van der Waals surface area contributed by atoms with Crippen LogP contribution in [0, 0.1) is 0 Å². The molecule has 166 valence electrons. The van der Waals surface area contributed by atoms with Gasteiger partial charge >= 0.3 is 12.1 Å². The zero-order chi connectivity index (χ0) is 22.4. The fourth-order valence-corrected chi connectivity index (χ4v) is 3.48. The molecule has 2 aromatic rings. The highest BCUT2D eigenvalue weighted by molar-refractivity contribution is 6.33. The number of esters is 1. The number of hydrogen-bond donors (Lipinski definition) is 0. The number of rotatable bonds is 5. The molecule has 1 amide bonds. The number of benzene rings is 1. The van der Waals surface area contributed by atoms with E-state index in [1.54, 1.807) is 11.0 Å². The van der Waals surface area contributed by atoms with Crippen LogP contribution in [-0.4, -0.2) is 60.3 Å². The van der Waals surface area contributed by atoms with E-state index in [9.17, 15) is 9.59 Å². The van der Waals surface area contributed by atoms with Crippen molar-refractivity contribution in [3.63, 3.8) is 0 Å². The van der Waals surface area contributed by atoms with Gasteiger partial charge in [0.15, 0.2) is 0 Å². The SMILES string of the molecule is CC(C)(C)OC(=O)N1CCN(c2ncc(C(=O)OCCc3ccccc3)cc2Cl)CC1. The number of aromatic nitrogens is 1. The van der Waals surface area contributed by atoms with Gasteiger partial charge in [0, 0.05) is 38.8 Å². The van der Waals surface area contributed by atoms with Gasteiger partial charge in [-0.25, -0.2) is 14.6 Å². The molecule has 0 atom stereocenters. The van der Waals surface area contributed by atoms with E-state index < -0.39 is 11.6 Å². The number of carbonyl (C=O) groups is 2. The molecule has 1 fully saturated rings. The van der Waals surface area contributed by atoms with Crippen molar-refractivity contribution in [2.45, 2.75) is 32.8 Å². The van der Waals surface area contributed by atoms with Gasteiger partial charge in [-0.2, -0.15) is 0 Å². The summed E-state index contributed by atoms with van der Waals surface area (Å²) in [6.45, 7) is 8.00. The molecule has 0 N–H and O–H groups in total. The topological polar surface area (TPSA) is 72.0 Å². The zero-order valence-electron chi connectivity index (χ0n) is 18.1. The monoisotopic (exact) mass is 445 g/mol. The van der Waals surface area contributed by atoms with E-state index in [2.05, 4.69) is 4.98 Å². The number of amides is 1. The first-order valence-electron chi connectivity index (χ1n) is 10.3. The first-order chi connectivity index (χ1) is 14.7. The van der Waals surface area contributed by atoms with Crippen LogP contribution in [0.2, 0.25) is 5.02 Å². The third-order valence-corrected chi connectivity index (χ3v) is 5.03. The summed E-state index contributed by atoms with van der Waals surface area (Å²) in [4.78, 5) is 32.6. The molecule has 0 unspecified atom stereocenters. The van der Waals surface area contributed by atoms with Crippen LogP contribution < -0.4 is 4.90 Å². The number of nitrogens with zero attached hydrogens (tertiary/aromatic N) is 3. The van der Waals surface area contributed by atoms with Gasteiger partial charge in [0.2, 0.25) is 0 Å². The molecule has 1 aliphatic heterocycles. The Bertz CT molecular complexity index is 907. The van der Waals surface area contributed by atoms with Gasteiger partial charge in [0.05, 0.1) is 17.2 Å². The van der Waals surface area contributed by atoms with E-state index in [1.165, 1.54) is 6.20 Å². The van der Waals surface area contributed by atoms with Crippen LogP contribution in [0.25, 0.3) is 0 Å².